The monoisotopic (exact) mass is 496 g/mol. The molecule has 7 heteroatoms. The molecule has 0 bridgehead atoms. The molecule has 0 aliphatic carbocycles. The van der Waals surface area contributed by atoms with E-state index in [2.05, 4.69) is 27.4 Å². The minimum Gasteiger partial charge on any atom is -0.490 e. The van der Waals surface area contributed by atoms with Gasteiger partial charge < -0.3 is 19.0 Å². The molecule has 1 amide bonds. The van der Waals surface area contributed by atoms with Crippen LogP contribution in [0.3, 0.4) is 0 Å². The summed E-state index contributed by atoms with van der Waals surface area (Å²) in [4.78, 5) is 30.7. The first kappa shape index (κ1) is 22.3. The first-order chi connectivity index (χ1) is 15.4. The Morgan fingerprint density at radius 3 is 2.62 bits per heavy atom. The average Bonchev–Trinajstić information content (AvgIpc) is 3.05. The third-order valence-corrected chi connectivity index (χ3v) is 5.99. The van der Waals surface area contributed by atoms with Crippen LogP contribution in [0.5, 0.6) is 5.75 Å². The second kappa shape index (κ2) is 9.30. The highest BCUT2D eigenvalue weighted by Gasteiger charge is 2.42. The number of hydrogen-bond acceptors (Lipinski definition) is 5. The smallest absolute Gasteiger partial charge is 0.290 e. The summed E-state index contributed by atoms with van der Waals surface area (Å²) in [6.07, 6.45) is 2.46. The standard InChI is InChI=1S/C25H25BrN2O4/c1-4-14-31-18-9-6-16(7-10-18)22-21-23(29)19-15-17(26)8-11-20(19)32-24(21)25(30)28(22)13-5-12-27(2)3/h4,6-11,15,22H,1,5,12-14H2,2-3H3. The lowest BCUT2D eigenvalue weighted by atomic mass is 9.98. The maximum atomic E-state index is 13.5. The van der Waals surface area contributed by atoms with Gasteiger partial charge in [-0.2, -0.15) is 0 Å². The SMILES string of the molecule is C=CCOc1ccc(C2c3c(oc4ccc(Br)cc4c3=O)C(=O)N2CCCN(C)C)cc1. The predicted molar refractivity (Wildman–Crippen MR) is 128 cm³/mol. The summed E-state index contributed by atoms with van der Waals surface area (Å²) in [5.41, 5.74) is 1.47. The molecule has 2 aromatic carbocycles. The second-order valence-electron chi connectivity index (χ2n) is 8.04. The molecule has 0 saturated carbocycles. The maximum Gasteiger partial charge on any atom is 0.290 e. The van der Waals surface area contributed by atoms with Crippen LogP contribution in [0, 0.1) is 0 Å². The summed E-state index contributed by atoms with van der Waals surface area (Å²) in [5.74, 6) is 0.580. The van der Waals surface area contributed by atoms with Gasteiger partial charge in [0.2, 0.25) is 5.76 Å². The Labute approximate surface area is 195 Å². The summed E-state index contributed by atoms with van der Waals surface area (Å²) in [6.45, 7) is 5.41. The Morgan fingerprint density at radius 1 is 1.19 bits per heavy atom. The number of halogens is 1. The third-order valence-electron chi connectivity index (χ3n) is 5.50. The van der Waals surface area contributed by atoms with Crippen molar-refractivity contribution in [2.24, 2.45) is 0 Å². The molecule has 1 atom stereocenters. The summed E-state index contributed by atoms with van der Waals surface area (Å²) >= 11 is 3.42. The van der Waals surface area contributed by atoms with E-state index in [0.29, 0.717) is 35.4 Å². The molecular weight excluding hydrogens is 472 g/mol. The number of carbonyl (C=O) groups is 1. The zero-order chi connectivity index (χ0) is 22.8. The number of ether oxygens (including phenoxy) is 1. The molecule has 3 aromatic rings. The van der Waals surface area contributed by atoms with Crippen molar-refractivity contribution in [3.8, 4) is 5.75 Å². The highest BCUT2D eigenvalue weighted by atomic mass is 79.9. The third kappa shape index (κ3) is 4.23. The van der Waals surface area contributed by atoms with E-state index >= 15 is 0 Å². The fourth-order valence-corrected chi connectivity index (χ4v) is 4.39. The number of amides is 1. The van der Waals surface area contributed by atoms with Crippen LogP contribution in [0.4, 0.5) is 0 Å². The molecule has 0 N–H and O–H groups in total. The van der Waals surface area contributed by atoms with E-state index in [4.69, 9.17) is 9.15 Å². The Kier molecular flexibility index (Phi) is 6.48. The second-order valence-corrected chi connectivity index (χ2v) is 8.96. The van der Waals surface area contributed by atoms with Gasteiger partial charge in [-0.05, 0) is 63.0 Å². The first-order valence-electron chi connectivity index (χ1n) is 10.5. The van der Waals surface area contributed by atoms with Gasteiger partial charge in [0.05, 0.1) is 17.0 Å². The number of nitrogens with zero attached hydrogens (tertiary/aromatic N) is 2. The summed E-state index contributed by atoms with van der Waals surface area (Å²) in [7, 11) is 3.99. The number of benzene rings is 2. The van der Waals surface area contributed by atoms with Crippen molar-refractivity contribution in [1.82, 2.24) is 9.80 Å². The fraction of sp³-hybridized carbons (Fsp3) is 0.280. The van der Waals surface area contributed by atoms with Crippen LogP contribution in [0.25, 0.3) is 11.0 Å². The first-order valence-corrected chi connectivity index (χ1v) is 11.3. The topological polar surface area (TPSA) is 63.0 Å². The van der Waals surface area contributed by atoms with Gasteiger partial charge in [-0.3, -0.25) is 9.59 Å². The minimum atomic E-state index is -0.507. The molecule has 1 aliphatic heterocycles. The van der Waals surface area contributed by atoms with Crippen molar-refractivity contribution < 1.29 is 13.9 Å². The van der Waals surface area contributed by atoms with Crippen LogP contribution in [-0.2, 0) is 0 Å². The summed E-state index contributed by atoms with van der Waals surface area (Å²) < 4.78 is 12.3. The predicted octanol–water partition coefficient (Wildman–Crippen LogP) is 4.62. The molecule has 0 spiro atoms. The lowest BCUT2D eigenvalue weighted by Gasteiger charge is -2.26. The van der Waals surface area contributed by atoms with E-state index in [1.54, 1.807) is 29.2 Å². The van der Waals surface area contributed by atoms with Gasteiger partial charge in [0, 0.05) is 11.0 Å². The number of fused-ring (bicyclic) bond motifs is 2. The van der Waals surface area contributed by atoms with Crippen molar-refractivity contribution in [3.05, 3.63) is 86.7 Å². The molecule has 0 fully saturated rings. The van der Waals surface area contributed by atoms with Crippen molar-refractivity contribution in [2.45, 2.75) is 12.5 Å². The molecule has 0 radical (unpaired) electrons. The van der Waals surface area contributed by atoms with Gasteiger partial charge in [-0.15, -0.1) is 0 Å². The van der Waals surface area contributed by atoms with E-state index in [-0.39, 0.29) is 17.1 Å². The van der Waals surface area contributed by atoms with E-state index < -0.39 is 6.04 Å². The van der Waals surface area contributed by atoms with Crippen LogP contribution in [0.2, 0.25) is 0 Å². The highest BCUT2D eigenvalue weighted by molar-refractivity contribution is 9.10. The maximum absolute atomic E-state index is 13.5. The summed E-state index contributed by atoms with van der Waals surface area (Å²) in [6, 6.07) is 12.2. The van der Waals surface area contributed by atoms with Crippen molar-refractivity contribution >= 4 is 32.8 Å². The van der Waals surface area contributed by atoms with Crippen LogP contribution in [-0.4, -0.2) is 49.5 Å². The molecule has 2 heterocycles. The van der Waals surface area contributed by atoms with Crippen LogP contribution in [0.15, 0.2) is 68.8 Å². The number of carbonyl (C=O) groups excluding carboxylic acids is 1. The Morgan fingerprint density at radius 2 is 1.94 bits per heavy atom. The molecule has 4 rings (SSSR count). The zero-order valence-corrected chi connectivity index (χ0v) is 19.7. The van der Waals surface area contributed by atoms with Gasteiger partial charge in [0.1, 0.15) is 17.9 Å². The van der Waals surface area contributed by atoms with Gasteiger partial charge in [0.25, 0.3) is 5.91 Å². The van der Waals surface area contributed by atoms with E-state index in [0.717, 1.165) is 23.0 Å². The van der Waals surface area contributed by atoms with Crippen molar-refractivity contribution in [2.75, 3.05) is 33.8 Å². The normalized spacial score (nSPS) is 15.4. The molecule has 1 aliphatic rings. The minimum absolute atomic E-state index is 0.131. The zero-order valence-electron chi connectivity index (χ0n) is 18.1. The Bertz CT molecular complexity index is 1220. The van der Waals surface area contributed by atoms with Gasteiger partial charge in [0.15, 0.2) is 5.43 Å². The number of rotatable bonds is 8. The van der Waals surface area contributed by atoms with E-state index in [9.17, 15) is 9.59 Å². The Hall–Kier alpha value is -2.90. The van der Waals surface area contributed by atoms with Crippen LogP contribution < -0.4 is 10.2 Å². The largest absolute Gasteiger partial charge is 0.490 e. The van der Waals surface area contributed by atoms with Gasteiger partial charge in [-0.1, -0.05) is 40.7 Å². The summed E-state index contributed by atoms with van der Waals surface area (Å²) in [5, 5.41) is 0.456. The molecule has 0 saturated heterocycles. The highest BCUT2D eigenvalue weighted by Crippen LogP contribution is 2.38. The van der Waals surface area contributed by atoms with Crippen molar-refractivity contribution in [1.29, 1.82) is 0 Å². The lowest BCUT2D eigenvalue weighted by molar-refractivity contribution is 0.0722. The van der Waals surface area contributed by atoms with Gasteiger partial charge in [-0.25, -0.2) is 0 Å². The number of hydrogen-bond donors (Lipinski definition) is 0. The molecule has 32 heavy (non-hydrogen) atoms. The molecule has 1 unspecified atom stereocenters. The van der Waals surface area contributed by atoms with Crippen LogP contribution >= 0.6 is 15.9 Å². The molecule has 166 valence electrons. The van der Waals surface area contributed by atoms with E-state index in [1.807, 2.05) is 38.4 Å². The van der Waals surface area contributed by atoms with Gasteiger partial charge >= 0.3 is 0 Å². The quantitative estimate of drug-likeness (QED) is 0.425. The molecular formula is C25H25BrN2O4. The lowest BCUT2D eigenvalue weighted by Crippen LogP contribution is -2.32. The van der Waals surface area contributed by atoms with Crippen molar-refractivity contribution in [3.63, 3.8) is 0 Å². The molecule has 1 aromatic heterocycles. The van der Waals surface area contributed by atoms with E-state index in [1.165, 1.54) is 0 Å². The molecule has 6 nitrogen and oxygen atoms in total. The fourth-order valence-electron chi connectivity index (χ4n) is 4.03. The van der Waals surface area contributed by atoms with Crippen LogP contribution in [0.1, 0.15) is 34.1 Å². The average molecular weight is 497 g/mol. The Balaban J connectivity index is 1.81.